The maximum Gasteiger partial charge on any atom is 0.422 e. The number of nitrogens with one attached hydrogen (secondary N) is 1. The number of H-pyrrole nitrogens is 1. The lowest BCUT2D eigenvalue weighted by Crippen LogP contribution is -2.19. The zero-order chi connectivity index (χ0) is 25.0. The predicted octanol–water partition coefficient (Wildman–Crippen LogP) is 4.60. The first kappa shape index (κ1) is 24.0. The molecule has 1 aromatic carbocycles. The Balaban J connectivity index is 1.44. The van der Waals surface area contributed by atoms with Crippen LogP contribution < -0.4 is 10.3 Å². The van der Waals surface area contributed by atoms with Crippen molar-refractivity contribution in [3.05, 3.63) is 105 Å². The fourth-order valence-corrected chi connectivity index (χ4v) is 3.51. The number of pyridine rings is 2. The van der Waals surface area contributed by atoms with Gasteiger partial charge in [0, 0.05) is 43.2 Å². The quantitative estimate of drug-likeness (QED) is 0.401. The summed E-state index contributed by atoms with van der Waals surface area (Å²) >= 11 is 5.96. The molecule has 0 aliphatic heterocycles. The Labute approximate surface area is 202 Å². The number of imidazole rings is 1. The van der Waals surface area contributed by atoms with E-state index in [1.165, 1.54) is 35.0 Å². The largest absolute Gasteiger partial charge is 0.483 e. The fraction of sp³-hybridized carbons (Fsp3) is 0.167. The third-order valence-corrected chi connectivity index (χ3v) is 5.16. The number of nitrogens with zero attached hydrogens (tertiary/aromatic N) is 4. The lowest BCUT2D eigenvalue weighted by atomic mass is 10.1. The van der Waals surface area contributed by atoms with Gasteiger partial charge in [-0.2, -0.15) is 18.4 Å². The Morgan fingerprint density at radius 3 is 2.57 bits per heavy atom. The van der Waals surface area contributed by atoms with Crippen molar-refractivity contribution in [1.82, 2.24) is 19.5 Å². The average molecular weight is 500 g/mol. The van der Waals surface area contributed by atoms with Crippen molar-refractivity contribution >= 4 is 11.6 Å². The highest BCUT2D eigenvalue weighted by Gasteiger charge is 2.29. The molecule has 178 valence electrons. The Hall–Kier alpha value is -4.10. The van der Waals surface area contributed by atoms with Gasteiger partial charge in [0.2, 0.25) is 0 Å². The van der Waals surface area contributed by atoms with E-state index in [2.05, 4.69) is 15.0 Å². The molecule has 4 aromatic rings. The van der Waals surface area contributed by atoms with E-state index in [1.54, 1.807) is 24.5 Å². The maximum atomic E-state index is 12.5. The van der Waals surface area contributed by atoms with Gasteiger partial charge in [0.05, 0.1) is 10.6 Å². The summed E-state index contributed by atoms with van der Waals surface area (Å²) in [5.41, 5.74) is 2.09. The van der Waals surface area contributed by atoms with E-state index in [9.17, 15) is 18.0 Å². The minimum absolute atomic E-state index is 0.0223. The standard InChI is InChI=1S/C24H17ClF3N5O2/c25-18-4-6-23(34)33(13-18)22-5-2-16(11-31-22)7-19-12-30-21(32-19)9-15-1-3-17(10-29)20(8-15)35-14-24(26,27)28/h1-6,8,11-13H,7,9,14H2,(H,30,32). The Kier molecular flexibility index (Phi) is 6.89. The first-order chi connectivity index (χ1) is 16.7. The first-order valence-electron chi connectivity index (χ1n) is 10.3. The second kappa shape index (κ2) is 10.0. The Morgan fingerprint density at radius 2 is 1.86 bits per heavy atom. The molecule has 7 nitrogen and oxygen atoms in total. The highest BCUT2D eigenvalue weighted by Crippen LogP contribution is 2.24. The molecular formula is C24H17ClF3N5O2. The van der Waals surface area contributed by atoms with E-state index in [4.69, 9.17) is 21.6 Å². The summed E-state index contributed by atoms with van der Waals surface area (Å²) in [4.78, 5) is 23.9. The van der Waals surface area contributed by atoms with Crippen LogP contribution >= 0.6 is 11.6 Å². The molecule has 0 atom stereocenters. The molecule has 0 aliphatic carbocycles. The van der Waals surface area contributed by atoms with Crippen LogP contribution in [0.25, 0.3) is 5.82 Å². The molecule has 0 saturated carbocycles. The van der Waals surface area contributed by atoms with Gasteiger partial charge in [0.15, 0.2) is 6.61 Å². The summed E-state index contributed by atoms with van der Waals surface area (Å²) in [6.07, 6.45) is 1.11. The second-order valence-corrected chi connectivity index (χ2v) is 8.07. The lowest BCUT2D eigenvalue weighted by molar-refractivity contribution is -0.153. The molecule has 0 amide bonds. The van der Waals surface area contributed by atoms with Gasteiger partial charge in [0.25, 0.3) is 5.56 Å². The van der Waals surface area contributed by atoms with Gasteiger partial charge in [-0.15, -0.1) is 0 Å². The number of aromatic amines is 1. The number of hydrogen-bond acceptors (Lipinski definition) is 5. The van der Waals surface area contributed by atoms with Crippen molar-refractivity contribution in [3.8, 4) is 17.6 Å². The molecule has 0 bridgehead atoms. The third-order valence-electron chi connectivity index (χ3n) is 4.94. The van der Waals surface area contributed by atoms with Crippen LogP contribution in [-0.2, 0) is 12.8 Å². The number of alkyl halides is 3. The van der Waals surface area contributed by atoms with Gasteiger partial charge in [-0.1, -0.05) is 23.7 Å². The molecule has 0 saturated heterocycles. The van der Waals surface area contributed by atoms with Crippen LogP contribution in [0.4, 0.5) is 13.2 Å². The van der Waals surface area contributed by atoms with E-state index < -0.39 is 12.8 Å². The van der Waals surface area contributed by atoms with E-state index >= 15 is 0 Å². The van der Waals surface area contributed by atoms with Crippen molar-refractivity contribution < 1.29 is 17.9 Å². The molecule has 0 aliphatic rings. The van der Waals surface area contributed by atoms with Gasteiger partial charge in [-0.05, 0) is 35.4 Å². The maximum absolute atomic E-state index is 12.5. The normalized spacial score (nSPS) is 11.3. The highest BCUT2D eigenvalue weighted by molar-refractivity contribution is 6.30. The predicted molar refractivity (Wildman–Crippen MR) is 122 cm³/mol. The van der Waals surface area contributed by atoms with Gasteiger partial charge in [-0.25, -0.2) is 9.97 Å². The topological polar surface area (TPSA) is 96.6 Å². The molecule has 0 radical (unpaired) electrons. The summed E-state index contributed by atoms with van der Waals surface area (Å²) in [5.74, 6) is 0.913. The second-order valence-electron chi connectivity index (χ2n) is 7.64. The zero-order valence-electron chi connectivity index (χ0n) is 18.0. The summed E-state index contributed by atoms with van der Waals surface area (Å²) in [6.45, 7) is -1.48. The van der Waals surface area contributed by atoms with Crippen molar-refractivity contribution in [3.63, 3.8) is 0 Å². The monoisotopic (exact) mass is 499 g/mol. The minimum atomic E-state index is -4.50. The molecular weight excluding hydrogens is 483 g/mol. The molecule has 0 spiro atoms. The molecule has 0 fully saturated rings. The van der Waals surface area contributed by atoms with Crippen LogP contribution in [-0.4, -0.2) is 32.3 Å². The number of halogens is 4. The fourth-order valence-electron chi connectivity index (χ4n) is 3.35. The number of benzene rings is 1. The van der Waals surface area contributed by atoms with E-state index in [1.807, 2.05) is 12.1 Å². The van der Waals surface area contributed by atoms with Crippen LogP contribution in [0.1, 0.15) is 28.2 Å². The molecule has 1 N–H and O–H groups in total. The van der Waals surface area contributed by atoms with E-state index in [0.717, 1.165) is 11.3 Å². The number of hydrogen-bond donors (Lipinski definition) is 1. The summed E-state index contributed by atoms with van der Waals surface area (Å²) in [5, 5.41) is 9.54. The minimum Gasteiger partial charge on any atom is -0.483 e. The molecule has 11 heteroatoms. The molecule has 3 heterocycles. The number of aromatic nitrogens is 4. The molecule has 35 heavy (non-hydrogen) atoms. The van der Waals surface area contributed by atoms with Crippen molar-refractivity contribution in [1.29, 1.82) is 5.26 Å². The number of ether oxygens (including phenoxy) is 1. The number of nitriles is 1. The lowest BCUT2D eigenvalue weighted by Gasteiger charge is -2.11. The van der Waals surface area contributed by atoms with Crippen molar-refractivity contribution in [2.45, 2.75) is 19.0 Å². The Morgan fingerprint density at radius 1 is 1.06 bits per heavy atom. The average Bonchev–Trinajstić information content (AvgIpc) is 3.26. The first-order valence-corrected chi connectivity index (χ1v) is 10.7. The van der Waals surface area contributed by atoms with Crippen LogP contribution in [0.2, 0.25) is 5.02 Å². The Bertz CT molecular complexity index is 1440. The summed E-state index contributed by atoms with van der Waals surface area (Å²) < 4.78 is 43.7. The van der Waals surface area contributed by atoms with Crippen LogP contribution in [0.15, 0.2) is 65.8 Å². The summed E-state index contributed by atoms with van der Waals surface area (Å²) in [6, 6.07) is 12.7. The molecule has 0 unspecified atom stereocenters. The molecule has 4 rings (SSSR count). The third kappa shape index (κ3) is 6.28. The van der Waals surface area contributed by atoms with Gasteiger partial charge in [0.1, 0.15) is 23.5 Å². The number of rotatable bonds is 7. The smallest absolute Gasteiger partial charge is 0.422 e. The summed E-state index contributed by atoms with van der Waals surface area (Å²) in [7, 11) is 0. The van der Waals surface area contributed by atoms with Gasteiger partial charge in [-0.3, -0.25) is 9.36 Å². The van der Waals surface area contributed by atoms with E-state index in [-0.39, 0.29) is 16.9 Å². The van der Waals surface area contributed by atoms with E-state index in [0.29, 0.717) is 35.1 Å². The van der Waals surface area contributed by atoms with Gasteiger partial charge >= 0.3 is 6.18 Å². The van der Waals surface area contributed by atoms with Crippen molar-refractivity contribution in [2.24, 2.45) is 0 Å². The molecule has 3 aromatic heterocycles. The SMILES string of the molecule is N#Cc1ccc(Cc2ncc(Cc3ccc(-n4cc(Cl)ccc4=O)nc3)[nH]2)cc1OCC(F)(F)F. The van der Waals surface area contributed by atoms with Crippen LogP contribution in [0.5, 0.6) is 5.75 Å². The van der Waals surface area contributed by atoms with Gasteiger partial charge < -0.3 is 9.72 Å². The van der Waals surface area contributed by atoms with Crippen LogP contribution in [0.3, 0.4) is 0 Å². The van der Waals surface area contributed by atoms with Crippen LogP contribution in [0, 0.1) is 11.3 Å². The highest BCUT2D eigenvalue weighted by atomic mass is 35.5. The zero-order valence-corrected chi connectivity index (χ0v) is 18.8. The van der Waals surface area contributed by atoms with Crippen molar-refractivity contribution in [2.75, 3.05) is 6.61 Å².